The summed E-state index contributed by atoms with van der Waals surface area (Å²) in [6.07, 6.45) is 23.1. The van der Waals surface area contributed by atoms with Gasteiger partial charge in [-0.2, -0.15) is 0 Å². The van der Waals surface area contributed by atoms with Gasteiger partial charge in [0.05, 0.1) is 8.07 Å². The third-order valence-electron chi connectivity index (χ3n) is 14.2. The van der Waals surface area contributed by atoms with Crippen LogP contribution in [-0.2, 0) is 0 Å². The normalized spacial score (nSPS) is 36.6. The quantitative estimate of drug-likeness (QED) is 0.211. The number of allylic oxidation sites excluding steroid dienone is 1. The van der Waals surface area contributed by atoms with Crippen LogP contribution in [0.25, 0.3) is 0 Å². The highest BCUT2D eigenvalue weighted by atomic mass is 28.3. The van der Waals surface area contributed by atoms with Crippen LogP contribution in [-0.4, -0.2) is 16.1 Å². The number of benzene rings is 2. The zero-order valence-electron chi connectivity index (χ0n) is 26.9. The van der Waals surface area contributed by atoms with Gasteiger partial charge in [-0.15, -0.1) is 6.58 Å². The van der Waals surface area contributed by atoms with Crippen LogP contribution in [0.15, 0.2) is 73.3 Å². The van der Waals surface area contributed by atoms with Gasteiger partial charge >= 0.3 is 0 Å². The fraction of sp³-hybridized carbons (Fsp3) is 0.650. The van der Waals surface area contributed by atoms with Crippen molar-refractivity contribution in [2.24, 2.45) is 35.5 Å². The van der Waals surface area contributed by atoms with Crippen molar-refractivity contribution in [2.45, 2.75) is 126 Å². The number of hydrogen-bond acceptors (Lipinski definition) is 0. The Hall–Kier alpha value is -1.39. The van der Waals surface area contributed by atoms with E-state index in [0.717, 1.165) is 52.1 Å². The molecule has 0 saturated heterocycles. The highest BCUT2D eigenvalue weighted by Gasteiger charge is 2.66. The predicted molar refractivity (Wildman–Crippen MR) is 187 cm³/mol. The first kappa shape index (κ1) is 29.3. The Morgan fingerprint density at radius 1 is 0.595 bits per heavy atom. The lowest BCUT2D eigenvalue weighted by Gasteiger charge is -2.51. The third-order valence-corrected chi connectivity index (χ3v) is 24.8. The summed E-state index contributed by atoms with van der Waals surface area (Å²) < 4.78 is 0. The van der Waals surface area contributed by atoms with E-state index in [9.17, 15) is 0 Å². The molecule has 8 unspecified atom stereocenters. The van der Waals surface area contributed by atoms with E-state index in [1.54, 1.807) is 6.42 Å². The number of fused-ring (bicyclic) bond motifs is 4. The van der Waals surface area contributed by atoms with Gasteiger partial charge in [0.25, 0.3) is 0 Å². The van der Waals surface area contributed by atoms with Gasteiger partial charge < -0.3 is 0 Å². The Balaban J connectivity index is 1.45. The van der Waals surface area contributed by atoms with Crippen molar-refractivity contribution in [3.63, 3.8) is 0 Å². The Morgan fingerprint density at radius 2 is 1.02 bits per heavy atom. The zero-order chi connectivity index (χ0) is 28.7. The van der Waals surface area contributed by atoms with Gasteiger partial charge in [0.2, 0.25) is 0 Å². The molecule has 8 atom stereocenters. The van der Waals surface area contributed by atoms with Gasteiger partial charge in [-0.3, -0.25) is 0 Å². The number of rotatable bonds is 8. The first-order chi connectivity index (χ1) is 20.6. The summed E-state index contributed by atoms with van der Waals surface area (Å²) in [7, 11) is -3.54. The molecule has 0 bridgehead atoms. The lowest BCUT2D eigenvalue weighted by Crippen LogP contribution is -2.67. The van der Waals surface area contributed by atoms with Crippen molar-refractivity contribution in [3.05, 3.63) is 73.3 Å². The maximum absolute atomic E-state index is 4.16. The highest BCUT2D eigenvalue weighted by Crippen LogP contribution is 2.69. The molecule has 2 aromatic carbocycles. The van der Waals surface area contributed by atoms with Gasteiger partial charge in [0, 0.05) is 0 Å². The molecule has 5 saturated carbocycles. The second-order valence-corrected chi connectivity index (χ2v) is 25.7. The van der Waals surface area contributed by atoms with Crippen molar-refractivity contribution in [1.82, 2.24) is 0 Å². The summed E-state index contributed by atoms with van der Waals surface area (Å²) in [6, 6.07) is 26.4. The van der Waals surface area contributed by atoms with E-state index < -0.39 is 16.1 Å². The van der Waals surface area contributed by atoms with Crippen molar-refractivity contribution in [2.75, 3.05) is 0 Å². The summed E-state index contributed by atoms with van der Waals surface area (Å²) in [6.45, 7) is 9.73. The minimum Gasteiger partial charge on any atom is -0.103 e. The standard InChI is InChI=1S/C40H58Si2/c1-4-5-28-41(2,3)38-29-39(35-25-15-14-24-34(35)38)42(30-18-8-6-9-19-30,31-20-10-7-11-21-31)40-36-26-16-12-22-32(36)33-23-13-17-27-37(33)40/h4,6-11,18-21,32-40H,1,5,12-17,22-29H2,2-3H3. The van der Waals surface area contributed by atoms with Crippen LogP contribution in [0.2, 0.25) is 35.8 Å². The Morgan fingerprint density at radius 3 is 1.50 bits per heavy atom. The molecule has 5 aliphatic rings. The zero-order valence-corrected chi connectivity index (χ0v) is 28.9. The summed E-state index contributed by atoms with van der Waals surface area (Å²) in [5, 5.41) is 3.66. The van der Waals surface area contributed by atoms with Crippen molar-refractivity contribution < 1.29 is 0 Å². The second kappa shape index (κ2) is 12.2. The van der Waals surface area contributed by atoms with Crippen LogP contribution in [0.5, 0.6) is 0 Å². The molecule has 5 aliphatic carbocycles. The Bertz CT molecular complexity index is 1130. The topological polar surface area (TPSA) is 0 Å². The molecular formula is C40H58Si2. The third kappa shape index (κ3) is 4.81. The lowest BCUT2D eigenvalue weighted by molar-refractivity contribution is 0.184. The van der Waals surface area contributed by atoms with E-state index in [0.29, 0.717) is 0 Å². The minimum absolute atomic E-state index is 0.918. The van der Waals surface area contributed by atoms with Crippen LogP contribution >= 0.6 is 0 Å². The van der Waals surface area contributed by atoms with Crippen molar-refractivity contribution in [3.8, 4) is 0 Å². The molecule has 0 N–H and O–H groups in total. The van der Waals surface area contributed by atoms with Crippen molar-refractivity contribution >= 4 is 26.5 Å². The van der Waals surface area contributed by atoms with Gasteiger partial charge in [-0.1, -0.05) is 167 Å². The van der Waals surface area contributed by atoms with Gasteiger partial charge in [-0.05, 0) is 71.4 Å². The van der Waals surface area contributed by atoms with Crippen LogP contribution in [0.4, 0.5) is 0 Å². The van der Waals surface area contributed by atoms with Crippen molar-refractivity contribution in [1.29, 1.82) is 0 Å². The molecule has 5 fully saturated rings. The maximum atomic E-state index is 4.16. The monoisotopic (exact) mass is 594 g/mol. The molecule has 0 radical (unpaired) electrons. The summed E-state index contributed by atoms with van der Waals surface area (Å²) in [4.78, 5) is 0. The Labute approximate surface area is 260 Å². The molecule has 2 heteroatoms. The fourth-order valence-corrected chi connectivity index (χ4v) is 24.7. The first-order valence-electron chi connectivity index (χ1n) is 18.3. The minimum atomic E-state index is -2.16. The molecule has 0 heterocycles. The maximum Gasteiger partial charge on any atom is 0.124 e. The molecule has 0 aliphatic heterocycles. The average Bonchev–Trinajstić information content (AvgIpc) is 3.60. The average molecular weight is 595 g/mol. The van der Waals surface area contributed by atoms with E-state index >= 15 is 0 Å². The van der Waals surface area contributed by atoms with E-state index in [-0.39, 0.29) is 0 Å². The predicted octanol–water partition coefficient (Wildman–Crippen LogP) is 10.5. The highest BCUT2D eigenvalue weighted by molar-refractivity contribution is 7.04. The SMILES string of the molecule is C=CCC[Si](C)(C)C1CC([Si](c2ccccc2)(c2ccccc2)C2C3CCCCC3C3CCCCC32)C2CCCCC21. The van der Waals surface area contributed by atoms with Gasteiger partial charge in [-0.25, -0.2) is 0 Å². The van der Waals surface area contributed by atoms with E-state index in [4.69, 9.17) is 0 Å². The molecule has 226 valence electrons. The molecular weight excluding hydrogens is 537 g/mol. The van der Waals surface area contributed by atoms with Gasteiger partial charge in [0.15, 0.2) is 0 Å². The molecule has 0 spiro atoms. The smallest absolute Gasteiger partial charge is 0.103 e. The molecule has 0 aromatic heterocycles. The molecule has 7 rings (SSSR count). The number of hydrogen-bond donors (Lipinski definition) is 0. The summed E-state index contributed by atoms with van der Waals surface area (Å²) in [5.41, 5.74) is 2.86. The molecule has 0 amide bonds. The van der Waals surface area contributed by atoms with Gasteiger partial charge in [0.1, 0.15) is 8.07 Å². The first-order valence-corrected chi connectivity index (χ1v) is 23.7. The van der Waals surface area contributed by atoms with Crippen LogP contribution in [0.1, 0.15) is 89.9 Å². The van der Waals surface area contributed by atoms with E-state index in [1.165, 1.54) is 89.5 Å². The lowest BCUT2D eigenvalue weighted by atomic mass is 9.73. The molecule has 2 aromatic rings. The molecule has 0 nitrogen and oxygen atoms in total. The molecule has 42 heavy (non-hydrogen) atoms. The summed E-state index contributed by atoms with van der Waals surface area (Å²) >= 11 is 0. The van der Waals surface area contributed by atoms with Crippen LogP contribution < -0.4 is 10.4 Å². The summed E-state index contributed by atoms with van der Waals surface area (Å²) in [5.74, 6) is 5.94. The van der Waals surface area contributed by atoms with E-state index in [2.05, 4.69) is 86.4 Å². The Kier molecular flexibility index (Phi) is 8.51. The van der Waals surface area contributed by atoms with Crippen LogP contribution in [0, 0.1) is 35.5 Å². The van der Waals surface area contributed by atoms with Crippen LogP contribution in [0.3, 0.4) is 0 Å². The second-order valence-electron chi connectivity index (χ2n) is 16.2. The largest absolute Gasteiger partial charge is 0.124 e. The van der Waals surface area contributed by atoms with E-state index in [1.807, 2.05) is 10.4 Å². The fourth-order valence-electron chi connectivity index (χ4n) is 12.9.